The van der Waals surface area contributed by atoms with Gasteiger partial charge in [0.2, 0.25) is 0 Å². The van der Waals surface area contributed by atoms with Crippen LogP contribution >= 0.6 is 11.6 Å². The zero-order valence-corrected chi connectivity index (χ0v) is 21.7. The monoisotopic (exact) mass is 504 g/mol. The van der Waals surface area contributed by atoms with Gasteiger partial charge < -0.3 is 14.4 Å². The van der Waals surface area contributed by atoms with Crippen molar-refractivity contribution in [3.63, 3.8) is 0 Å². The van der Waals surface area contributed by atoms with Gasteiger partial charge in [-0.25, -0.2) is 19.6 Å². The van der Waals surface area contributed by atoms with Crippen molar-refractivity contribution in [1.29, 1.82) is 0 Å². The molecular weight excluding hydrogens is 476 g/mol. The van der Waals surface area contributed by atoms with Crippen LogP contribution in [-0.2, 0) is 4.74 Å². The maximum absolute atomic E-state index is 12.4. The van der Waals surface area contributed by atoms with Crippen molar-refractivity contribution < 1.29 is 14.3 Å². The first-order chi connectivity index (χ1) is 17.1. The van der Waals surface area contributed by atoms with Crippen molar-refractivity contribution in [1.82, 2.24) is 14.9 Å². The molecule has 1 saturated heterocycles. The standard InChI is InChI=1S/C28H29ClN4O3/c1-18-6-8-20(9-7-18)23-24(21-10-12-22(30-5)13-11-21)32-26(25(29)31-23)35-17-19-14-15-33(16-19)27(34)36-28(2,3)4/h6-13,19H,14-17H2,1-4H3/t19-/m1/s1. The van der Waals surface area contributed by atoms with E-state index >= 15 is 0 Å². The summed E-state index contributed by atoms with van der Waals surface area (Å²) < 4.78 is 11.5. The van der Waals surface area contributed by atoms with Gasteiger partial charge in [0, 0.05) is 30.1 Å². The third kappa shape index (κ3) is 6.13. The largest absolute Gasteiger partial charge is 0.475 e. The summed E-state index contributed by atoms with van der Waals surface area (Å²) in [6.45, 7) is 16.3. The lowest BCUT2D eigenvalue weighted by Gasteiger charge is -2.24. The lowest BCUT2D eigenvalue weighted by Crippen LogP contribution is -2.35. The molecule has 2 heterocycles. The van der Waals surface area contributed by atoms with Gasteiger partial charge >= 0.3 is 6.09 Å². The average molecular weight is 505 g/mol. The highest BCUT2D eigenvalue weighted by molar-refractivity contribution is 6.30. The number of aromatic nitrogens is 2. The number of carbonyl (C=O) groups excluding carboxylic acids is 1. The number of halogens is 1. The second-order valence-electron chi connectivity index (χ2n) is 9.93. The van der Waals surface area contributed by atoms with E-state index in [1.807, 2.05) is 64.1 Å². The quantitative estimate of drug-likeness (QED) is 0.351. The van der Waals surface area contributed by atoms with E-state index in [1.165, 1.54) is 0 Å². The lowest BCUT2D eigenvalue weighted by atomic mass is 10.0. The first-order valence-corrected chi connectivity index (χ1v) is 12.2. The number of benzene rings is 2. The molecule has 1 aliphatic rings. The van der Waals surface area contributed by atoms with Crippen LogP contribution in [0.25, 0.3) is 27.4 Å². The summed E-state index contributed by atoms with van der Waals surface area (Å²) in [5, 5.41) is 0.175. The summed E-state index contributed by atoms with van der Waals surface area (Å²) in [7, 11) is 0. The number of hydrogen-bond acceptors (Lipinski definition) is 5. The highest BCUT2D eigenvalue weighted by atomic mass is 35.5. The van der Waals surface area contributed by atoms with Crippen LogP contribution in [0.15, 0.2) is 48.5 Å². The number of ether oxygens (including phenoxy) is 2. The Bertz CT molecular complexity index is 1280. The Balaban J connectivity index is 1.56. The third-order valence-corrected chi connectivity index (χ3v) is 6.06. The molecule has 1 aromatic heterocycles. The van der Waals surface area contributed by atoms with Crippen molar-refractivity contribution in [3.8, 4) is 28.4 Å². The zero-order valence-electron chi connectivity index (χ0n) is 20.9. The minimum Gasteiger partial charge on any atom is -0.475 e. The van der Waals surface area contributed by atoms with E-state index in [1.54, 1.807) is 17.0 Å². The van der Waals surface area contributed by atoms with Crippen molar-refractivity contribution in [2.24, 2.45) is 5.92 Å². The Hall–Kier alpha value is -3.63. The molecule has 8 heteroatoms. The molecule has 0 aliphatic carbocycles. The van der Waals surface area contributed by atoms with Crippen LogP contribution in [0.2, 0.25) is 5.15 Å². The lowest BCUT2D eigenvalue weighted by molar-refractivity contribution is 0.0284. The molecule has 1 aliphatic heterocycles. The van der Waals surface area contributed by atoms with Gasteiger partial charge in [-0.15, -0.1) is 0 Å². The van der Waals surface area contributed by atoms with E-state index < -0.39 is 5.60 Å². The van der Waals surface area contributed by atoms with E-state index in [9.17, 15) is 4.79 Å². The molecule has 0 spiro atoms. The Morgan fingerprint density at radius 1 is 1.08 bits per heavy atom. The Morgan fingerprint density at radius 3 is 2.31 bits per heavy atom. The average Bonchev–Trinajstić information content (AvgIpc) is 3.32. The number of likely N-dealkylation sites (tertiary alicyclic amines) is 1. The zero-order chi connectivity index (χ0) is 25.9. The Kier molecular flexibility index (Phi) is 7.46. The summed E-state index contributed by atoms with van der Waals surface area (Å²) in [4.78, 5) is 27.0. The highest BCUT2D eigenvalue weighted by Crippen LogP contribution is 2.35. The minimum absolute atomic E-state index is 0.133. The van der Waals surface area contributed by atoms with E-state index in [0.717, 1.165) is 23.1 Å². The maximum Gasteiger partial charge on any atom is 0.410 e. The molecule has 4 rings (SSSR count). The second kappa shape index (κ2) is 10.5. The van der Waals surface area contributed by atoms with E-state index in [4.69, 9.17) is 32.6 Å². The number of nitrogens with zero attached hydrogens (tertiary/aromatic N) is 4. The molecule has 1 fully saturated rings. The van der Waals surface area contributed by atoms with Crippen LogP contribution in [0, 0.1) is 19.4 Å². The molecule has 186 valence electrons. The molecule has 3 aromatic rings. The highest BCUT2D eigenvalue weighted by Gasteiger charge is 2.30. The number of hydrogen-bond donors (Lipinski definition) is 0. The summed E-state index contributed by atoms with van der Waals surface area (Å²) in [6, 6.07) is 15.2. The molecule has 0 radical (unpaired) electrons. The number of amides is 1. The third-order valence-electron chi connectivity index (χ3n) is 5.81. The van der Waals surface area contributed by atoms with Gasteiger partial charge in [-0.1, -0.05) is 65.7 Å². The predicted molar refractivity (Wildman–Crippen MR) is 140 cm³/mol. The molecule has 1 atom stereocenters. The van der Waals surface area contributed by atoms with Gasteiger partial charge in [0.1, 0.15) is 11.3 Å². The van der Waals surface area contributed by atoms with E-state index in [0.29, 0.717) is 36.8 Å². The van der Waals surface area contributed by atoms with Gasteiger partial charge in [0.25, 0.3) is 5.88 Å². The van der Waals surface area contributed by atoms with Gasteiger partial charge in [0.05, 0.1) is 18.9 Å². The van der Waals surface area contributed by atoms with Gasteiger partial charge in [-0.05, 0) is 34.1 Å². The van der Waals surface area contributed by atoms with Crippen LogP contribution in [0.4, 0.5) is 10.5 Å². The van der Waals surface area contributed by atoms with Crippen LogP contribution in [0.1, 0.15) is 32.8 Å². The van der Waals surface area contributed by atoms with Crippen LogP contribution in [0.3, 0.4) is 0 Å². The Labute approximate surface area is 216 Å². The van der Waals surface area contributed by atoms with Crippen LogP contribution in [-0.4, -0.2) is 46.3 Å². The van der Waals surface area contributed by atoms with Crippen molar-refractivity contribution in [3.05, 3.63) is 70.7 Å². The summed E-state index contributed by atoms with van der Waals surface area (Å²) in [5.74, 6) is 0.376. The smallest absolute Gasteiger partial charge is 0.410 e. The molecule has 1 amide bonds. The minimum atomic E-state index is -0.530. The Morgan fingerprint density at radius 2 is 1.69 bits per heavy atom. The number of aryl methyl sites for hydroxylation is 1. The first kappa shape index (κ1) is 25.5. The molecule has 0 N–H and O–H groups in total. The summed E-state index contributed by atoms with van der Waals surface area (Å²) in [5.41, 5.74) is 4.11. The van der Waals surface area contributed by atoms with Crippen molar-refractivity contribution in [2.75, 3.05) is 19.7 Å². The molecular formula is C28H29ClN4O3. The number of rotatable bonds is 5. The molecule has 0 bridgehead atoms. The summed E-state index contributed by atoms with van der Waals surface area (Å²) in [6.07, 6.45) is 0.492. The SMILES string of the molecule is [C-]#[N+]c1ccc(-c2nc(OC[C@@H]3CCN(C(=O)OC(C)(C)C)C3)c(Cl)nc2-c2ccc(C)cc2)cc1. The van der Waals surface area contributed by atoms with Gasteiger partial charge in [-0.2, -0.15) is 0 Å². The fraction of sp³-hybridized carbons (Fsp3) is 0.357. The van der Waals surface area contributed by atoms with Crippen LogP contribution < -0.4 is 4.74 Å². The maximum atomic E-state index is 12.4. The second-order valence-corrected chi connectivity index (χ2v) is 10.3. The van der Waals surface area contributed by atoms with E-state index in [-0.39, 0.29) is 23.0 Å². The predicted octanol–water partition coefficient (Wildman–Crippen LogP) is 6.96. The molecule has 0 saturated carbocycles. The molecule has 7 nitrogen and oxygen atoms in total. The van der Waals surface area contributed by atoms with Gasteiger partial charge in [-0.3, -0.25) is 0 Å². The van der Waals surface area contributed by atoms with Crippen LogP contribution in [0.5, 0.6) is 5.88 Å². The fourth-order valence-corrected chi connectivity index (χ4v) is 4.14. The number of carbonyl (C=O) groups is 1. The molecule has 0 unspecified atom stereocenters. The normalized spacial score (nSPS) is 15.4. The molecule has 36 heavy (non-hydrogen) atoms. The fourth-order valence-electron chi connectivity index (χ4n) is 3.96. The topological polar surface area (TPSA) is 68.9 Å². The molecule has 2 aromatic carbocycles. The van der Waals surface area contributed by atoms with E-state index in [2.05, 4.69) is 9.83 Å². The van der Waals surface area contributed by atoms with Crippen molar-refractivity contribution in [2.45, 2.75) is 39.7 Å². The first-order valence-electron chi connectivity index (χ1n) is 11.9. The summed E-state index contributed by atoms with van der Waals surface area (Å²) >= 11 is 6.53. The van der Waals surface area contributed by atoms with Gasteiger partial charge in [0.15, 0.2) is 10.8 Å². The van der Waals surface area contributed by atoms with Crippen molar-refractivity contribution >= 4 is 23.4 Å².